The fourth-order valence-corrected chi connectivity index (χ4v) is 3.88. The predicted molar refractivity (Wildman–Crippen MR) is 118 cm³/mol. The number of halogens is 1. The third-order valence-electron chi connectivity index (χ3n) is 5.56. The number of para-hydroxylation sites is 1. The Bertz CT molecular complexity index is 1080. The molecule has 2 N–H and O–H groups in total. The molecule has 0 radical (unpaired) electrons. The molecule has 0 saturated carbocycles. The smallest absolute Gasteiger partial charge is 0.356 e. The number of hydrogen-bond donors (Lipinski definition) is 2. The summed E-state index contributed by atoms with van der Waals surface area (Å²) in [6, 6.07) is 14.4. The fraction of sp³-hybridized carbons (Fsp3) is 0.304. The van der Waals surface area contributed by atoms with Gasteiger partial charge in [0.25, 0.3) is 0 Å². The first kappa shape index (κ1) is 20.9. The van der Waals surface area contributed by atoms with E-state index in [1.165, 1.54) is 31.0 Å². The second kappa shape index (κ2) is 9.18. The second-order valence-electron chi connectivity index (χ2n) is 7.52. The first-order chi connectivity index (χ1) is 15.0. The minimum atomic E-state index is -0.621. The van der Waals surface area contributed by atoms with Crippen molar-refractivity contribution < 1.29 is 18.7 Å². The Morgan fingerprint density at radius 1 is 1.10 bits per heavy atom. The number of aromatic amines is 1. The van der Waals surface area contributed by atoms with Crippen LogP contribution in [0.5, 0.6) is 0 Å². The molecule has 0 atom stereocenters. The lowest BCUT2D eigenvalue weighted by Gasteiger charge is -2.36. The van der Waals surface area contributed by atoms with Gasteiger partial charge in [-0.05, 0) is 30.3 Å². The molecule has 162 valence electrons. The molecule has 2 heterocycles. The lowest BCUT2D eigenvalue weighted by molar-refractivity contribution is -0.116. The number of hydrogen-bond acceptors (Lipinski definition) is 5. The topological polar surface area (TPSA) is 77.7 Å². The number of nitrogens with zero attached hydrogens (tertiary/aromatic N) is 2. The summed E-state index contributed by atoms with van der Waals surface area (Å²) in [5.41, 5.74) is 2.11. The largest absolute Gasteiger partial charge is 0.464 e. The summed E-state index contributed by atoms with van der Waals surface area (Å²) in [7, 11) is 1.26. The molecule has 31 heavy (non-hydrogen) atoms. The number of esters is 1. The minimum Gasteiger partial charge on any atom is -0.464 e. The highest BCUT2D eigenvalue weighted by atomic mass is 19.1. The maximum absolute atomic E-state index is 13.7. The number of aromatic nitrogens is 1. The number of carbonyl (C=O) groups excluding carboxylic acids is 2. The van der Waals surface area contributed by atoms with Gasteiger partial charge in [-0.1, -0.05) is 18.2 Å². The van der Waals surface area contributed by atoms with Gasteiger partial charge in [0.05, 0.1) is 12.8 Å². The Hall–Kier alpha value is -3.39. The molecule has 7 nitrogen and oxygen atoms in total. The van der Waals surface area contributed by atoms with E-state index in [4.69, 9.17) is 4.74 Å². The van der Waals surface area contributed by atoms with Gasteiger partial charge in [-0.15, -0.1) is 0 Å². The fourth-order valence-electron chi connectivity index (χ4n) is 3.88. The zero-order valence-electron chi connectivity index (χ0n) is 17.4. The monoisotopic (exact) mass is 424 g/mol. The van der Waals surface area contributed by atoms with Crippen molar-refractivity contribution in [2.45, 2.75) is 6.42 Å². The van der Waals surface area contributed by atoms with E-state index in [-0.39, 0.29) is 23.7 Å². The van der Waals surface area contributed by atoms with Crippen LogP contribution in [0, 0.1) is 5.82 Å². The Labute approximate surface area is 179 Å². The molecule has 8 heteroatoms. The number of anilines is 2. The number of benzene rings is 2. The van der Waals surface area contributed by atoms with Crippen LogP contribution in [0.2, 0.25) is 0 Å². The van der Waals surface area contributed by atoms with Crippen molar-refractivity contribution in [3.05, 3.63) is 60.0 Å². The molecule has 0 aliphatic carbocycles. The van der Waals surface area contributed by atoms with Crippen molar-refractivity contribution in [2.24, 2.45) is 0 Å². The van der Waals surface area contributed by atoms with E-state index in [1.54, 1.807) is 0 Å². The number of methoxy groups -OCH3 is 1. The molecule has 0 unspecified atom stereocenters. The first-order valence-corrected chi connectivity index (χ1v) is 10.3. The highest BCUT2D eigenvalue weighted by Gasteiger charge is 2.22. The maximum Gasteiger partial charge on any atom is 0.356 e. The normalized spacial score (nSPS) is 14.6. The number of fused-ring (bicyclic) bond motifs is 1. The molecule has 2 aromatic carbocycles. The Morgan fingerprint density at radius 2 is 1.84 bits per heavy atom. The molecule has 1 saturated heterocycles. The molecule has 1 aliphatic rings. The van der Waals surface area contributed by atoms with Gasteiger partial charge in [0.2, 0.25) is 5.91 Å². The SMILES string of the molecule is COC(=O)c1[nH]c2ccc(F)cc2c1NC(=O)CCN1CCN(c2ccccc2)CC1. The molecule has 1 amide bonds. The summed E-state index contributed by atoms with van der Waals surface area (Å²) in [4.78, 5) is 32.2. The molecule has 0 bridgehead atoms. The average molecular weight is 424 g/mol. The molecule has 0 spiro atoms. The predicted octanol–water partition coefficient (Wildman–Crippen LogP) is 3.24. The number of piperazine rings is 1. The van der Waals surface area contributed by atoms with E-state index < -0.39 is 11.8 Å². The van der Waals surface area contributed by atoms with Gasteiger partial charge >= 0.3 is 5.97 Å². The maximum atomic E-state index is 13.7. The quantitative estimate of drug-likeness (QED) is 0.594. The van der Waals surface area contributed by atoms with E-state index in [0.29, 0.717) is 17.4 Å². The van der Waals surface area contributed by atoms with Crippen molar-refractivity contribution in [2.75, 3.05) is 50.1 Å². The highest BCUT2D eigenvalue weighted by Crippen LogP contribution is 2.29. The van der Waals surface area contributed by atoms with Crippen molar-refractivity contribution in [3.8, 4) is 0 Å². The zero-order chi connectivity index (χ0) is 21.8. The Morgan fingerprint density at radius 3 is 2.55 bits per heavy atom. The highest BCUT2D eigenvalue weighted by molar-refractivity contribution is 6.10. The van der Waals surface area contributed by atoms with Gasteiger partial charge in [0, 0.05) is 55.7 Å². The number of carbonyl (C=O) groups is 2. The molecule has 1 aliphatic heterocycles. The van der Waals surface area contributed by atoms with Gasteiger partial charge in [-0.2, -0.15) is 0 Å². The minimum absolute atomic E-state index is 0.105. The van der Waals surface area contributed by atoms with E-state index in [1.807, 2.05) is 18.2 Å². The van der Waals surface area contributed by atoms with Crippen LogP contribution in [0.25, 0.3) is 10.9 Å². The van der Waals surface area contributed by atoms with Crippen molar-refractivity contribution in [1.82, 2.24) is 9.88 Å². The third kappa shape index (κ3) is 4.69. The summed E-state index contributed by atoms with van der Waals surface area (Å²) >= 11 is 0. The van der Waals surface area contributed by atoms with Crippen LogP contribution < -0.4 is 10.2 Å². The second-order valence-corrected chi connectivity index (χ2v) is 7.52. The summed E-state index contributed by atoms with van der Waals surface area (Å²) in [5.74, 6) is -1.31. The molecular weight excluding hydrogens is 399 g/mol. The number of ether oxygens (including phenoxy) is 1. The summed E-state index contributed by atoms with van der Waals surface area (Å²) in [6.45, 7) is 4.15. The third-order valence-corrected chi connectivity index (χ3v) is 5.56. The van der Waals surface area contributed by atoms with Gasteiger partial charge in [-0.3, -0.25) is 9.69 Å². The lowest BCUT2D eigenvalue weighted by Crippen LogP contribution is -2.47. The number of nitrogens with one attached hydrogen (secondary N) is 2. The van der Waals surface area contributed by atoms with Crippen LogP contribution in [0.3, 0.4) is 0 Å². The van der Waals surface area contributed by atoms with Crippen LogP contribution in [-0.2, 0) is 9.53 Å². The van der Waals surface area contributed by atoms with Crippen LogP contribution in [0.4, 0.5) is 15.8 Å². The van der Waals surface area contributed by atoms with Gasteiger partial charge < -0.3 is 19.9 Å². The molecular formula is C23H25FN4O3. The standard InChI is InChI=1S/C23H25FN4O3/c1-31-23(30)22-21(18-15-16(24)7-8-19(18)25-22)26-20(29)9-10-27-11-13-28(14-12-27)17-5-3-2-4-6-17/h2-8,15,25H,9-14H2,1H3,(H,26,29). The van der Waals surface area contributed by atoms with E-state index in [0.717, 1.165) is 26.2 Å². The van der Waals surface area contributed by atoms with Crippen molar-refractivity contribution >= 4 is 34.2 Å². The number of H-pyrrole nitrogens is 1. The molecule has 3 aromatic rings. The Kier molecular flexibility index (Phi) is 6.18. The zero-order valence-corrected chi connectivity index (χ0v) is 17.4. The summed E-state index contributed by atoms with van der Waals surface area (Å²) in [5, 5.41) is 3.21. The average Bonchev–Trinajstić information content (AvgIpc) is 3.15. The van der Waals surface area contributed by atoms with Crippen LogP contribution >= 0.6 is 0 Å². The van der Waals surface area contributed by atoms with Gasteiger partial charge in [0.1, 0.15) is 11.5 Å². The molecule has 4 rings (SSSR count). The Balaban J connectivity index is 1.37. The number of rotatable bonds is 6. The first-order valence-electron chi connectivity index (χ1n) is 10.3. The van der Waals surface area contributed by atoms with Crippen molar-refractivity contribution in [3.63, 3.8) is 0 Å². The summed E-state index contributed by atoms with van der Waals surface area (Å²) < 4.78 is 18.5. The van der Waals surface area contributed by atoms with Crippen LogP contribution in [0.15, 0.2) is 48.5 Å². The van der Waals surface area contributed by atoms with Crippen molar-refractivity contribution in [1.29, 1.82) is 0 Å². The van der Waals surface area contributed by atoms with E-state index in [9.17, 15) is 14.0 Å². The molecule has 1 aromatic heterocycles. The van der Waals surface area contributed by atoms with Crippen LogP contribution in [0.1, 0.15) is 16.9 Å². The van der Waals surface area contributed by atoms with Gasteiger partial charge in [0.15, 0.2) is 0 Å². The van der Waals surface area contributed by atoms with E-state index in [2.05, 4.69) is 32.2 Å². The number of amides is 1. The van der Waals surface area contributed by atoms with Crippen LogP contribution in [-0.4, -0.2) is 61.6 Å². The lowest BCUT2D eigenvalue weighted by atomic mass is 10.2. The summed E-state index contributed by atoms with van der Waals surface area (Å²) in [6.07, 6.45) is 0.272. The van der Waals surface area contributed by atoms with E-state index >= 15 is 0 Å². The molecule has 1 fully saturated rings. The van der Waals surface area contributed by atoms with Gasteiger partial charge in [-0.25, -0.2) is 9.18 Å².